The summed E-state index contributed by atoms with van der Waals surface area (Å²) in [5.41, 5.74) is 1.61. The third-order valence-electron chi connectivity index (χ3n) is 4.16. The number of amides is 1. The summed E-state index contributed by atoms with van der Waals surface area (Å²) in [5, 5.41) is 10.1. The molecule has 0 spiro atoms. The molecule has 1 fully saturated rings. The van der Waals surface area contributed by atoms with Crippen molar-refractivity contribution >= 4 is 11.9 Å². The number of carbonyl (C=O) groups excluding carboxylic acids is 2. The summed E-state index contributed by atoms with van der Waals surface area (Å²) >= 11 is 0. The first-order valence-corrected chi connectivity index (χ1v) is 8.48. The topological polar surface area (TPSA) is 66.8 Å². The summed E-state index contributed by atoms with van der Waals surface area (Å²) in [6.45, 7) is 8.74. The van der Waals surface area contributed by atoms with Gasteiger partial charge in [-0.3, -0.25) is 4.79 Å². The van der Waals surface area contributed by atoms with E-state index in [0.29, 0.717) is 5.56 Å². The van der Waals surface area contributed by atoms with Gasteiger partial charge in [-0.1, -0.05) is 12.1 Å². The van der Waals surface area contributed by atoms with E-state index in [2.05, 4.69) is 0 Å². The Bertz CT molecular complexity index is 612. The number of hydrogen-bond acceptors (Lipinski definition) is 4. The molecule has 5 nitrogen and oxygen atoms in total. The molecule has 0 radical (unpaired) electrons. The lowest BCUT2D eigenvalue weighted by Gasteiger charge is -2.22. The zero-order valence-electron chi connectivity index (χ0n) is 15.0. The molecular formula is C19H27NO4. The number of ether oxygens (including phenoxy) is 1. The lowest BCUT2D eigenvalue weighted by atomic mass is 9.97. The normalized spacial score (nSPS) is 16.1. The van der Waals surface area contributed by atoms with Crippen molar-refractivity contribution in [2.75, 3.05) is 13.1 Å². The van der Waals surface area contributed by atoms with Gasteiger partial charge in [0.25, 0.3) is 5.91 Å². The number of likely N-dealkylation sites (tertiary alicyclic amines) is 1. The van der Waals surface area contributed by atoms with E-state index in [4.69, 9.17) is 4.74 Å². The van der Waals surface area contributed by atoms with Crippen molar-refractivity contribution in [1.82, 2.24) is 4.90 Å². The fraction of sp³-hybridized carbons (Fsp3) is 0.579. The molecule has 1 heterocycles. The highest BCUT2D eigenvalue weighted by Crippen LogP contribution is 2.20. The van der Waals surface area contributed by atoms with Crippen molar-refractivity contribution in [1.29, 1.82) is 0 Å². The van der Waals surface area contributed by atoms with E-state index in [0.717, 1.165) is 37.1 Å². The minimum Gasteiger partial charge on any atom is -0.458 e. The van der Waals surface area contributed by atoms with Crippen molar-refractivity contribution < 1.29 is 19.4 Å². The van der Waals surface area contributed by atoms with Gasteiger partial charge in [0.15, 0.2) is 6.10 Å². The smallest absolute Gasteiger partial charge is 0.335 e. The van der Waals surface area contributed by atoms with Gasteiger partial charge in [0.05, 0.1) is 0 Å². The van der Waals surface area contributed by atoms with Gasteiger partial charge in [0.2, 0.25) is 0 Å². The Morgan fingerprint density at radius 3 is 2.46 bits per heavy atom. The zero-order valence-corrected chi connectivity index (χ0v) is 15.0. The zero-order chi connectivity index (χ0) is 17.9. The molecule has 132 valence electrons. The predicted octanol–water partition coefficient (Wildman–Crippen LogP) is 2.48. The Morgan fingerprint density at radius 1 is 1.25 bits per heavy atom. The Kier molecular flexibility index (Phi) is 5.65. The summed E-state index contributed by atoms with van der Waals surface area (Å²) in [4.78, 5) is 26.4. The molecule has 1 aromatic carbocycles. The van der Waals surface area contributed by atoms with Crippen molar-refractivity contribution in [2.24, 2.45) is 0 Å². The van der Waals surface area contributed by atoms with E-state index in [9.17, 15) is 14.7 Å². The van der Waals surface area contributed by atoms with Crippen molar-refractivity contribution in [3.8, 4) is 0 Å². The highest BCUT2D eigenvalue weighted by atomic mass is 16.6. The summed E-state index contributed by atoms with van der Waals surface area (Å²) < 4.78 is 5.21. The van der Waals surface area contributed by atoms with Gasteiger partial charge in [-0.2, -0.15) is 0 Å². The molecule has 1 unspecified atom stereocenters. The molecule has 1 aliphatic rings. The van der Waals surface area contributed by atoms with Gasteiger partial charge in [-0.25, -0.2) is 4.79 Å². The number of benzene rings is 1. The average molecular weight is 333 g/mol. The molecular weight excluding hydrogens is 306 g/mol. The van der Waals surface area contributed by atoms with E-state index in [1.54, 1.807) is 32.9 Å². The molecule has 5 heteroatoms. The maximum atomic E-state index is 12.6. The summed E-state index contributed by atoms with van der Waals surface area (Å²) in [6, 6.07) is 5.44. The number of hydrogen-bond donors (Lipinski definition) is 1. The quantitative estimate of drug-likeness (QED) is 0.860. The first-order chi connectivity index (χ1) is 11.2. The second-order valence-electron chi connectivity index (χ2n) is 7.34. The van der Waals surface area contributed by atoms with Gasteiger partial charge in [-0.05, 0) is 57.7 Å². The number of aliphatic hydroxyl groups excluding tert-OH is 1. The SMILES string of the molecule is Cc1c(CC(O)C(=O)OC(C)(C)C)cccc1C(=O)N1CCCC1. The van der Waals surface area contributed by atoms with Gasteiger partial charge in [0.1, 0.15) is 5.60 Å². The van der Waals surface area contributed by atoms with Crippen molar-refractivity contribution in [2.45, 2.75) is 58.7 Å². The highest BCUT2D eigenvalue weighted by molar-refractivity contribution is 5.96. The van der Waals surface area contributed by atoms with Crippen LogP contribution in [0.25, 0.3) is 0 Å². The maximum Gasteiger partial charge on any atom is 0.335 e. The van der Waals surface area contributed by atoms with Gasteiger partial charge < -0.3 is 14.7 Å². The molecule has 1 saturated heterocycles. The van der Waals surface area contributed by atoms with Crippen LogP contribution in [0.3, 0.4) is 0 Å². The lowest BCUT2D eigenvalue weighted by Crippen LogP contribution is -2.33. The third-order valence-corrected chi connectivity index (χ3v) is 4.16. The van der Waals surface area contributed by atoms with Gasteiger partial charge in [-0.15, -0.1) is 0 Å². The number of rotatable bonds is 4. The van der Waals surface area contributed by atoms with E-state index < -0.39 is 17.7 Å². The minimum absolute atomic E-state index is 0.0265. The molecule has 2 rings (SSSR count). The summed E-state index contributed by atoms with van der Waals surface area (Å²) in [7, 11) is 0. The molecule has 1 aromatic rings. The van der Waals surface area contributed by atoms with Crippen LogP contribution in [0.4, 0.5) is 0 Å². The van der Waals surface area contributed by atoms with Crippen LogP contribution in [0.2, 0.25) is 0 Å². The first kappa shape index (κ1) is 18.5. The van der Waals surface area contributed by atoms with E-state index in [-0.39, 0.29) is 12.3 Å². The number of carbonyl (C=O) groups is 2. The number of esters is 1. The maximum absolute atomic E-state index is 12.6. The van der Waals surface area contributed by atoms with Gasteiger partial charge >= 0.3 is 5.97 Å². The molecule has 0 aliphatic carbocycles. The monoisotopic (exact) mass is 333 g/mol. The third kappa shape index (κ3) is 4.57. The van der Waals surface area contributed by atoms with Crippen LogP contribution in [0, 0.1) is 6.92 Å². The van der Waals surface area contributed by atoms with Crippen LogP contribution >= 0.6 is 0 Å². The van der Waals surface area contributed by atoms with E-state index in [1.165, 1.54) is 0 Å². The molecule has 1 aliphatic heterocycles. The largest absolute Gasteiger partial charge is 0.458 e. The predicted molar refractivity (Wildman–Crippen MR) is 91.9 cm³/mol. The standard InChI is InChI=1S/C19H27NO4/c1-13-14(12-16(21)18(23)24-19(2,3)4)8-7-9-15(13)17(22)20-10-5-6-11-20/h7-9,16,21H,5-6,10-12H2,1-4H3. The van der Waals surface area contributed by atoms with Crippen LogP contribution < -0.4 is 0 Å². The molecule has 1 N–H and O–H groups in total. The molecule has 0 bridgehead atoms. The Morgan fingerprint density at radius 2 is 1.88 bits per heavy atom. The summed E-state index contributed by atoms with van der Waals surface area (Å²) in [5.74, 6) is -0.614. The van der Waals surface area contributed by atoms with Gasteiger partial charge in [0, 0.05) is 25.1 Å². The van der Waals surface area contributed by atoms with Crippen molar-refractivity contribution in [3.05, 3.63) is 34.9 Å². The molecule has 1 atom stereocenters. The Balaban J connectivity index is 2.12. The summed E-state index contributed by atoms with van der Waals surface area (Å²) in [6.07, 6.45) is 0.992. The van der Waals surface area contributed by atoms with Crippen LogP contribution in [-0.4, -0.2) is 46.7 Å². The lowest BCUT2D eigenvalue weighted by molar-refractivity contribution is -0.164. The molecule has 0 aromatic heterocycles. The molecule has 24 heavy (non-hydrogen) atoms. The van der Waals surface area contributed by atoms with Crippen molar-refractivity contribution in [3.63, 3.8) is 0 Å². The Hall–Kier alpha value is -1.88. The average Bonchev–Trinajstić information content (AvgIpc) is 3.01. The van der Waals surface area contributed by atoms with Crippen LogP contribution in [0.5, 0.6) is 0 Å². The highest BCUT2D eigenvalue weighted by Gasteiger charge is 2.26. The fourth-order valence-electron chi connectivity index (χ4n) is 2.89. The fourth-order valence-corrected chi connectivity index (χ4v) is 2.89. The van der Waals surface area contributed by atoms with Crippen LogP contribution in [-0.2, 0) is 16.0 Å². The molecule has 0 saturated carbocycles. The number of nitrogens with zero attached hydrogens (tertiary/aromatic N) is 1. The first-order valence-electron chi connectivity index (χ1n) is 8.48. The minimum atomic E-state index is -1.24. The molecule has 1 amide bonds. The Labute approximate surface area is 143 Å². The van der Waals surface area contributed by atoms with E-state index >= 15 is 0 Å². The second kappa shape index (κ2) is 7.34. The second-order valence-corrected chi connectivity index (χ2v) is 7.34. The van der Waals surface area contributed by atoms with Crippen LogP contribution in [0.15, 0.2) is 18.2 Å². The van der Waals surface area contributed by atoms with E-state index in [1.807, 2.05) is 17.9 Å². The van der Waals surface area contributed by atoms with Crippen LogP contribution in [0.1, 0.15) is 55.1 Å². The number of aliphatic hydroxyl groups is 1.